The molecule has 4 rings (SSSR count). The molecule has 0 bridgehead atoms. The molecule has 2 aromatic rings. The number of amides is 1. The Labute approximate surface area is 176 Å². The van der Waals surface area contributed by atoms with Crippen LogP contribution in [0.4, 0.5) is 17.1 Å². The monoisotopic (exact) mass is 433 g/mol. The number of hydrogen-bond donors (Lipinski definition) is 1. The van der Waals surface area contributed by atoms with Crippen LogP contribution in [0.25, 0.3) is 0 Å². The molecule has 0 aromatic heterocycles. The summed E-state index contributed by atoms with van der Waals surface area (Å²) in [4.78, 5) is 15.2. The summed E-state index contributed by atoms with van der Waals surface area (Å²) in [5.41, 5.74) is 3.70. The number of sulfonamides is 1. The maximum Gasteiger partial charge on any atom is 0.255 e. The summed E-state index contributed by atoms with van der Waals surface area (Å²) in [6.45, 7) is 2.34. The number of piperidine rings is 1. The highest BCUT2D eigenvalue weighted by atomic mass is 35.5. The number of nitrogens with zero attached hydrogens (tertiary/aromatic N) is 2. The van der Waals surface area contributed by atoms with Crippen molar-refractivity contribution in [3.63, 3.8) is 0 Å². The predicted octanol–water partition coefficient (Wildman–Crippen LogP) is 3.90. The van der Waals surface area contributed by atoms with E-state index in [9.17, 15) is 13.2 Å². The lowest BCUT2D eigenvalue weighted by atomic mass is 10.1. The molecule has 0 spiro atoms. The minimum atomic E-state index is -3.31. The second kappa shape index (κ2) is 7.88. The number of anilines is 3. The molecule has 2 aliphatic heterocycles. The Bertz CT molecular complexity index is 1050. The summed E-state index contributed by atoms with van der Waals surface area (Å²) in [6.07, 6.45) is 5.30. The SMILES string of the molecule is CS(=O)(=O)N1CCc2cc(C(=O)Nc3cc(Cl)ccc3N3CCCCC3)ccc21. The van der Waals surface area contributed by atoms with Crippen LogP contribution >= 0.6 is 11.6 Å². The molecule has 6 nitrogen and oxygen atoms in total. The van der Waals surface area contributed by atoms with Gasteiger partial charge in [0.25, 0.3) is 5.91 Å². The average molecular weight is 434 g/mol. The molecule has 0 atom stereocenters. The highest BCUT2D eigenvalue weighted by molar-refractivity contribution is 7.92. The largest absolute Gasteiger partial charge is 0.370 e. The molecule has 154 valence electrons. The van der Waals surface area contributed by atoms with Crippen molar-refractivity contribution in [2.24, 2.45) is 0 Å². The highest BCUT2D eigenvalue weighted by Crippen LogP contribution is 2.33. The molecule has 29 heavy (non-hydrogen) atoms. The first-order valence-electron chi connectivity index (χ1n) is 9.79. The molecular weight excluding hydrogens is 410 g/mol. The molecule has 2 aromatic carbocycles. The summed E-state index contributed by atoms with van der Waals surface area (Å²) in [7, 11) is -3.31. The van der Waals surface area contributed by atoms with E-state index >= 15 is 0 Å². The molecule has 0 unspecified atom stereocenters. The van der Waals surface area contributed by atoms with E-state index in [1.807, 2.05) is 12.1 Å². The molecule has 1 fully saturated rings. The zero-order valence-electron chi connectivity index (χ0n) is 16.3. The molecule has 0 saturated carbocycles. The van der Waals surface area contributed by atoms with Crippen LogP contribution in [0.1, 0.15) is 35.2 Å². The number of halogens is 1. The van der Waals surface area contributed by atoms with Gasteiger partial charge in [-0.1, -0.05) is 11.6 Å². The molecule has 1 amide bonds. The zero-order valence-corrected chi connectivity index (χ0v) is 17.9. The number of benzene rings is 2. The number of nitrogens with one attached hydrogen (secondary N) is 1. The Hall–Kier alpha value is -2.25. The van der Waals surface area contributed by atoms with Gasteiger partial charge in [0.05, 0.1) is 23.3 Å². The van der Waals surface area contributed by atoms with Crippen LogP contribution in [-0.4, -0.2) is 40.2 Å². The molecule has 1 saturated heterocycles. The van der Waals surface area contributed by atoms with Crippen molar-refractivity contribution in [2.45, 2.75) is 25.7 Å². The van der Waals surface area contributed by atoms with Gasteiger partial charge in [0.15, 0.2) is 0 Å². The summed E-state index contributed by atoms with van der Waals surface area (Å²) >= 11 is 6.19. The molecule has 1 N–H and O–H groups in total. The Balaban J connectivity index is 1.58. The third-order valence-corrected chi connectivity index (χ3v) is 6.91. The van der Waals surface area contributed by atoms with Crippen LogP contribution in [0.5, 0.6) is 0 Å². The van der Waals surface area contributed by atoms with Crippen LogP contribution in [0.3, 0.4) is 0 Å². The van der Waals surface area contributed by atoms with Crippen molar-refractivity contribution in [1.29, 1.82) is 0 Å². The first-order chi connectivity index (χ1) is 13.8. The van der Waals surface area contributed by atoms with Crippen molar-refractivity contribution in [2.75, 3.05) is 40.4 Å². The van der Waals surface area contributed by atoms with Crippen LogP contribution < -0.4 is 14.5 Å². The van der Waals surface area contributed by atoms with Gasteiger partial charge in [-0.25, -0.2) is 8.42 Å². The molecule has 8 heteroatoms. The van der Waals surface area contributed by atoms with Gasteiger partial charge in [0.1, 0.15) is 0 Å². The summed E-state index contributed by atoms with van der Waals surface area (Å²) in [6, 6.07) is 10.7. The van der Waals surface area contributed by atoms with E-state index in [0.29, 0.717) is 34.9 Å². The maximum absolute atomic E-state index is 12.9. The van der Waals surface area contributed by atoms with Crippen LogP contribution in [0.2, 0.25) is 5.02 Å². The number of fused-ring (bicyclic) bond motifs is 1. The second-order valence-electron chi connectivity index (χ2n) is 7.59. The van der Waals surface area contributed by atoms with E-state index in [1.165, 1.54) is 17.0 Å². The van der Waals surface area contributed by atoms with Crippen molar-refractivity contribution >= 4 is 44.6 Å². The fraction of sp³-hybridized carbons (Fsp3) is 0.381. The van der Waals surface area contributed by atoms with Gasteiger partial charge in [0, 0.05) is 30.2 Å². The van der Waals surface area contributed by atoms with E-state index in [1.54, 1.807) is 24.3 Å². The minimum absolute atomic E-state index is 0.230. The fourth-order valence-corrected chi connectivity index (χ4v) is 5.20. The second-order valence-corrected chi connectivity index (χ2v) is 9.94. The lowest BCUT2D eigenvalue weighted by Crippen LogP contribution is -2.30. The Kier molecular flexibility index (Phi) is 5.44. The van der Waals surface area contributed by atoms with Gasteiger partial charge in [-0.2, -0.15) is 0 Å². The van der Waals surface area contributed by atoms with E-state index in [2.05, 4.69) is 10.2 Å². The number of carbonyl (C=O) groups is 1. The first kappa shape index (κ1) is 20.0. The van der Waals surface area contributed by atoms with Gasteiger partial charge in [-0.3, -0.25) is 9.10 Å². The summed E-state index contributed by atoms with van der Waals surface area (Å²) < 4.78 is 25.2. The maximum atomic E-state index is 12.9. The van der Waals surface area contributed by atoms with E-state index in [4.69, 9.17) is 11.6 Å². The average Bonchev–Trinajstić information content (AvgIpc) is 3.12. The minimum Gasteiger partial charge on any atom is -0.370 e. The van der Waals surface area contributed by atoms with Gasteiger partial charge in [0.2, 0.25) is 10.0 Å². The number of carbonyl (C=O) groups excluding carboxylic acids is 1. The van der Waals surface area contributed by atoms with Crippen molar-refractivity contribution in [3.05, 3.63) is 52.5 Å². The normalized spacial score (nSPS) is 16.6. The number of hydrogen-bond acceptors (Lipinski definition) is 4. The lowest BCUT2D eigenvalue weighted by molar-refractivity contribution is 0.102. The van der Waals surface area contributed by atoms with Gasteiger partial charge in [-0.15, -0.1) is 0 Å². The lowest BCUT2D eigenvalue weighted by Gasteiger charge is -2.30. The Morgan fingerprint density at radius 3 is 2.45 bits per heavy atom. The third-order valence-electron chi connectivity index (χ3n) is 5.50. The van der Waals surface area contributed by atoms with Crippen molar-refractivity contribution in [1.82, 2.24) is 0 Å². The molecule has 0 aliphatic carbocycles. The van der Waals surface area contributed by atoms with Crippen LogP contribution in [-0.2, 0) is 16.4 Å². The van der Waals surface area contributed by atoms with E-state index in [-0.39, 0.29) is 5.91 Å². The molecule has 2 aliphatic rings. The predicted molar refractivity (Wildman–Crippen MR) is 118 cm³/mol. The van der Waals surface area contributed by atoms with Gasteiger partial charge in [-0.05, 0) is 67.6 Å². The number of rotatable bonds is 4. The zero-order chi connectivity index (χ0) is 20.6. The van der Waals surface area contributed by atoms with Crippen molar-refractivity contribution < 1.29 is 13.2 Å². The standard InChI is InChI=1S/C21H24ClN3O3S/c1-29(27,28)25-12-9-15-13-16(5-7-19(15)25)21(26)23-18-14-17(22)6-8-20(18)24-10-3-2-4-11-24/h5-8,13-14H,2-4,9-12H2,1H3,(H,23,26). The summed E-state index contributed by atoms with van der Waals surface area (Å²) in [5, 5.41) is 3.57. The van der Waals surface area contributed by atoms with Gasteiger partial charge < -0.3 is 10.2 Å². The Morgan fingerprint density at radius 2 is 1.72 bits per heavy atom. The summed E-state index contributed by atoms with van der Waals surface area (Å²) in [5.74, 6) is -0.230. The van der Waals surface area contributed by atoms with Crippen LogP contribution in [0, 0.1) is 0 Å². The molecule has 2 heterocycles. The smallest absolute Gasteiger partial charge is 0.255 e. The quantitative estimate of drug-likeness (QED) is 0.793. The molecular formula is C21H24ClN3O3S. The fourth-order valence-electron chi connectivity index (χ4n) is 4.07. The van der Waals surface area contributed by atoms with Gasteiger partial charge >= 0.3 is 0 Å². The van der Waals surface area contributed by atoms with E-state index in [0.717, 1.165) is 37.2 Å². The highest BCUT2D eigenvalue weighted by Gasteiger charge is 2.27. The Morgan fingerprint density at radius 1 is 1.00 bits per heavy atom. The van der Waals surface area contributed by atoms with E-state index < -0.39 is 10.0 Å². The first-order valence-corrected chi connectivity index (χ1v) is 12.0. The topological polar surface area (TPSA) is 69.7 Å². The van der Waals surface area contributed by atoms with Crippen molar-refractivity contribution in [3.8, 4) is 0 Å². The third kappa shape index (κ3) is 4.21. The molecule has 0 radical (unpaired) electrons. The van der Waals surface area contributed by atoms with Crippen LogP contribution in [0.15, 0.2) is 36.4 Å².